The van der Waals surface area contributed by atoms with Crippen molar-refractivity contribution < 1.29 is 15.0 Å². The average molecular weight is 278 g/mol. The Balaban J connectivity index is 2.47. The average Bonchev–Trinajstić information content (AvgIpc) is 2.48. The van der Waals surface area contributed by atoms with Crippen LogP contribution in [0.2, 0.25) is 0 Å². The lowest BCUT2D eigenvalue weighted by atomic mass is 9.92. The van der Waals surface area contributed by atoms with Gasteiger partial charge in [0.1, 0.15) is 5.75 Å². The SMILES string of the molecule is Cc1ccc2c(-c3ccccc3)c(C(=O)O)cc(O)c2c1. The number of hydrogen-bond donors (Lipinski definition) is 2. The Morgan fingerprint density at radius 1 is 0.952 bits per heavy atom. The standard InChI is InChI=1S/C18H14O3/c1-11-7-8-13-14(9-11)16(19)10-15(18(20)21)17(13)12-5-3-2-4-6-12/h2-10,19H,1H3,(H,20,21). The smallest absolute Gasteiger partial charge is 0.336 e. The summed E-state index contributed by atoms with van der Waals surface area (Å²) >= 11 is 0. The number of aromatic carboxylic acids is 1. The first-order chi connectivity index (χ1) is 10.1. The van der Waals surface area contributed by atoms with Crippen molar-refractivity contribution in [3.05, 3.63) is 65.7 Å². The lowest BCUT2D eigenvalue weighted by Crippen LogP contribution is -2.00. The summed E-state index contributed by atoms with van der Waals surface area (Å²) in [5.74, 6) is -1.06. The van der Waals surface area contributed by atoms with Gasteiger partial charge in [-0.05, 0) is 30.0 Å². The fraction of sp³-hybridized carbons (Fsp3) is 0.0556. The van der Waals surface area contributed by atoms with Crippen molar-refractivity contribution in [2.45, 2.75) is 6.92 Å². The van der Waals surface area contributed by atoms with Gasteiger partial charge in [0.05, 0.1) is 5.56 Å². The van der Waals surface area contributed by atoms with E-state index in [1.165, 1.54) is 6.07 Å². The monoisotopic (exact) mass is 278 g/mol. The molecule has 0 aliphatic carbocycles. The van der Waals surface area contributed by atoms with Crippen LogP contribution in [0.5, 0.6) is 5.75 Å². The molecule has 0 aliphatic heterocycles. The highest BCUT2D eigenvalue weighted by molar-refractivity contribution is 6.09. The Bertz CT molecular complexity index is 836. The normalized spacial score (nSPS) is 10.7. The van der Waals surface area contributed by atoms with Gasteiger partial charge in [-0.2, -0.15) is 0 Å². The number of benzene rings is 3. The summed E-state index contributed by atoms with van der Waals surface area (Å²) in [6.07, 6.45) is 0. The van der Waals surface area contributed by atoms with Crippen LogP contribution in [-0.4, -0.2) is 16.2 Å². The second-order valence-electron chi connectivity index (χ2n) is 5.04. The van der Waals surface area contributed by atoms with E-state index >= 15 is 0 Å². The predicted octanol–water partition coefficient (Wildman–Crippen LogP) is 4.22. The van der Waals surface area contributed by atoms with Crippen LogP contribution in [0, 0.1) is 6.92 Å². The topological polar surface area (TPSA) is 57.5 Å². The van der Waals surface area contributed by atoms with E-state index in [9.17, 15) is 15.0 Å². The molecule has 0 radical (unpaired) electrons. The second kappa shape index (κ2) is 4.94. The summed E-state index contributed by atoms with van der Waals surface area (Å²) in [6.45, 7) is 1.94. The van der Waals surface area contributed by atoms with Crippen LogP contribution in [0.3, 0.4) is 0 Å². The number of aromatic hydroxyl groups is 1. The number of carboxylic acids is 1. The summed E-state index contributed by atoms with van der Waals surface area (Å²) in [4.78, 5) is 11.5. The summed E-state index contributed by atoms with van der Waals surface area (Å²) in [5, 5.41) is 21.0. The molecule has 0 heterocycles. The number of phenols is 1. The third-order valence-electron chi connectivity index (χ3n) is 3.56. The molecule has 0 saturated heterocycles. The van der Waals surface area contributed by atoms with E-state index < -0.39 is 5.97 Å². The van der Waals surface area contributed by atoms with Crippen LogP contribution in [-0.2, 0) is 0 Å². The fourth-order valence-corrected chi connectivity index (χ4v) is 2.60. The van der Waals surface area contributed by atoms with Crippen molar-refractivity contribution in [3.8, 4) is 16.9 Å². The predicted molar refractivity (Wildman–Crippen MR) is 82.7 cm³/mol. The Labute approximate surface area is 122 Å². The van der Waals surface area contributed by atoms with Gasteiger partial charge in [0.15, 0.2) is 0 Å². The highest BCUT2D eigenvalue weighted by Gasteiger charge is 2.18. The molecule has 21 heavy (non-hydrogen) atoms. The minimum atomic E-state index is -1.05. The zero-order valence-electron chi connectivity index (χ0n) is 11.5. The maximum atomic E-state index is 11.5. The maximum Gasteiger partial charge on any atom is 0.336 e. The quantitative estimate of drug-likeness (QED) is 0.738. The van der Waals surface area contributed by atoms with Crippen molar-refractivity contribution in [1.29, 1.82) is 0 Å². The van der Waals surface area contributed by atoms with Crippen molar-refractivity contribution in [2.75, 3.05) is 0 Å². The van der Waals surface area contributed by atoms with Gasteiger partial charge in [0.2, 0.25) is 0 Å². The van der Waals surface area contributed by atoms with Gasteiger partial charge in [-0.25, -0.2) is 4.79 Å². The molecule has 0 atom stereocenters. The third-order valence-corrected chi connectivity index (χ3v) is 3.56. The van der Waals surface area contributed by atoms with Gasteiger partial charge < -0.3 is 10.2 Å². The van der Waals surface area contributed by atoms with Crippen molar-refractivity contribution in [3.63, 3.8) is 0 Å². The van der Waals surface area contributed by atoms with E-state index in [4.69, 9.17) is 0 Å². The first-order valence-electron chi connectivity index (χ1n) is 6.63. The molecule has 3 nitrogen and oxygen atoms in total. The van der Waals surface area contributed by atoms with E-state index in [2.05, 4.69) is 0 Å². The number of phenolic OH excluding ortho intramolecular Hbond substituents is 1. The zero-order chi connectivity index (χ0) is 15.0. The first-order valence-corrected chi connectivity index (χ1v) is 6.63. The number of carbonyl (C=O) groups is 1. The zero-order valence-corrected chi connectivity index (χ0v) is 11.5. The molecule has 3 heteroatoms. The van der Waals surface area contributed by atoms with Gasteiger partial charge in [-0.15, -0.1) is 0 Å². The van der Waals surface area contributed by atoms with Crippen LogP contribution in [0.25, 0.3) is 21.9 Å². The van der Waals surface area contributed by atoms with Gasteiger partial charge in [0.25, 0.3) is 0 Å². The minimum Gasteiger partial charge on any atom is -0.507 e. The van der Waals surface area contributed by atoms with E-state index in [1.807, 2.05) is 55.5 Å². The van der Waals surface area contributed by atoms with Crippen LogP contribution < -0.4 is 0 Å². The number of rotatable bonds is 2. The third kappa shape index (κ3) is 2.23. The molecule has 0 fully saturated rings. The molecule has 104 valence electrons. The largest absolute Gasteiger partial charge is 0.507 e. The number of fused-ring (bicyclic) bond motifs is 1. The Morgan fingerprint density at radius 3 is 2.33 bits per heavy atom. The molecule has 0 aliphatic rings. The van der Waals surface area contributed by atoms with Gasteiger partial charge in [-0.1, -0.05) is 48.0 Å². The molecular weight excluding hydrogens is 264 g/mol. The Morgan fingerprint density at radius 2 is 1.67 bits per heavy atom. The van der Waals surface area contributed by atoms with Gasteiger partial charge >= 0.3 is 5.97 Å². The summed E-state index contributed by atoms with van der Waals surface area (Å²) in [7, 11) is 0. The number of aryl methyl sites for hydroxylation is 1. The van der Waals surface area contributed by atoms with Crippen LogP contribution in [0.1, 0.15) is 15.9 Å². The highest BCUT2D eigenvalue weighted by atomic mass is 16.4. The van der Waals surface area contributed by atoms with Crippen LogP contribution in [0.4, 0.5) is 0 Å². The molecule has 3 rings (SSSR count). The van der Waals surface area contributed by atoms with Gasteiger partial charge in [0, 0.05) is 10.9 Å². The maximum absolute atomic E-state index is 11.5. The Hall–Kier alpha value is -2.81. The molecule has 0 bridgehead atoms. The fourth-order valence-electron chi connectivity index (χ4n) is 2.60. The molecule has 3 aromatic carbocycles. The first kappa shape index (κ1) is 13.2. The number of carboxylic acid groups (broad SMARTS) is 1. The lowest BCUT2D eigenvalue weighted by Gasteiger charge is -2.13. The summed E-state index contributed by atoms with van der Waals surface area (Å²) in [6, 6.07) is 16.3. The minimum absolute atomic E-state index is 0.00854. The summed E-state index contributed by atoms with van der Waals surface area (Å²) < 4.78 is 0. The lowest BCUT2D eigenvalue weighted by molar-refractivity contribution is 0.0697. The van der Waals surface area contributed by atoms with E-state index in [-0.39, 0.29) is 11.3 Å². The number of hydrogen-bond acceptors (Lipinski definition) is 2. The molecular formula is C18H14O3. The molecule has 0 amide bonds. The highest BCUT2D eigenvalue weighted by Crippen LogP contribution is 2.37. The molecule has 3 aromatic rings. The van der Waals surface area contributed by atoms with E-state index in [0.717, 1.165) is 16.5 Å². The van der Waals surface area contributed by atoms with Gasteiger partial charge in [-0.3, -0.25) is 0 Å². The molecule has 0 aromatic heterocycles. The Kier molecular flexibility index (Phi) is 3.10. The molecule has 0 unspecified atom stereocenters. The van der Waals surface area contributed by atoms with Crippen molar-refractivity contribution >= 4 is 16.7 Å². The molecule has 2 N–H and O–H groups in total. The van der Waals surface area contributed by atoms with E-state index in [0.29, 0.717) is 10.9 Å². The van der Waals surface area contributed by atoms with Crippen LogP contribution in [0.15, 0.2) is 54.6 Å². The summed E-state index contributed by atoms with van der Waals surface area (Å²) in [5.41, 5.74) is 2.58. The van der Waals surface area contributed by atoms with Crippen molar-refractivity contribution in [1.82, 2.24) is 0 Å². The van der Waals surface area contributed by atoms with E-state index in [1.54, 1.807) is 0 Å². The second-order valence-corrected chi connectivity index (χ2v) is 5.04. The van der Waals surface area contributed by atoms with Crippen molar-refractivity contribution in [2.24, 2.45) is 0 Å². The molecule has 0 saturated carbocycles. The van der Waals surface area contributed by atoms with Crippen LogP contribution >= 0.6 is 0 Å². The molecule has 0 spiro atoms.